The molecule has 36 heavy (non-hydrogen) atoms. The number of anilines is 2. The maximum atomic E-state index is 13.3. The molecule has 7 nitrogen and oxygen atoms in total. The number of nitrogens with zero attached hydrogens (tertiary/aromatic N) is 4. The average molecular weight is 483 g/mol. The highest BCUT2D eigenvalue weighted by Gasteiger charge is 2.26. The number of hydrogen-bond acceptors (Lipinski definition) is 5. The highest BCUT2D eigenvalue weighted by atomic mass is 16.1. The molecule has 0 saturated heterocycles. The molecule has 186 valence electrons. The Labute approximate surface area is 211 Å². The van der Waals surface area contributed by atoms with Gasteiger partial charge in [0.15, 0.2) is 0 Å². The summed E-state index contributed by atoms with van der Waals surface area (Å²) >= 11 is 0. The van der Waals surface area contributed by atoms with Gasteiger partial charge in [-0.05, 0) is 62.2 Å². The van der Waals surface area contributed by atoms with Crippen molar-refractivity contribution in [2.24, 2.45) is 0 Å². The van der Waals surface area contributed by atoms with E-state index in [1.807, 2.05) is 22.9 Å². The number of allylic oxidation sites excluding steroid dienone is 1. The minimum atomic E-state index is -0.118. The summed E-state index contributed by atoms with van der Waals surface area (Å²) in [6.07, 6.45) is 6.18. The zero-order valence-electron chi connectivity index (χ0n) is 21.7. The maximum Gasteiger partial charge on any atom is 0.276 e. The second-order valence-corrected chi connectivity index (χ2v) is 11.0. The Morgan fingerprint density at radius 1 is 1.17 bits per heavy atom. The zero-order chi connectivity index (χ0) is 25.7. The Balaban J connectivity index is 1.60. The molecule has 0 unspecified atom stereocenters. The van der Waals surface area contributed by atoms with Gasteiger partial charge in [-0.25, -0.2) is 14.3 Å². The van der Waals surface area contributed by atoms with E-state index in [1.165, 1.54) is 11.1 Å². The van der Waals surface area contributed by atoms with Crippen LogP contribution in [0.25, 0.3) is 16.6 Å². The summed E-state index contributed by atoms with van der Waals surface area (Å²) in [7, 11) is 0. The molecule has 1 aliphatic heterocycles. The summed E-state index contributed by atoms with van der Waals surface area (Å²) in [6, 6.07) is 12.4. The third kappa shape index (κ3) is 4.24. The first-order valence-electron chi connectivity index (χ1n) is 12.4. The number of aromatic nitrogens is 4. The van der Waals surface area contributed by atoms with E-state index in [-0.39, 0.29) is 16.5 Å². The van der Waals surface area contributed by atoms with Crippen LogP contribution in [0.5, 0.6) is 0 Å². The average Bonchev–Trinajstić information content (AvgIpc) is 3.09. The molecule has 4 heterocycles. The van der Waals surface area contributed by atoms with Crippen LogP contribution in [-0.4, -0.2) is 25.9 Å². The number of fused-ring (bicyclic) bond motifs is 2. The van der Waals surface area contributed by atoms with Crippen LogP contribution in [0.1, 0.15) is 51.4 Å². The monoisotopic (exact) mass is 482 g/mol. The van der Waals surface area contributed by atoms with E-state index in [1.54, 1.807) is 23.2 Å². The first-order chi connectivity index (χ1) is 17.1. The van der Waals surface area contributed by atoms with Gasteiger partial charge in [0.1, 0.15) is 5.82 Å². The summed E-state index contributed by atoms with van der Waals surface area (Å²) in [5.74, 6) is 0.685. The van der Waals surface area contributed by atoms with E-state index in [9.17, 15) is 4.79 Å². The SMILES string of the molecule is C=CCn1c(=O)c2cnc(Nc3ccc4c(c3)CCNC4(C)C)cc2n1-c1ccnc(C(C)(C)C)c1. The molecule has 0 atom stereocenters. The molecule has 0 amide bonds. The van der Waals surface area contributed by atoms with Gasteiger partial charge in [-0.2, -0.15) is 0 Å². The quantitative estimate of drug-likeness (QED) is 0.383. The van der Waals surface area contributed by atoms with Crippen molar-refractivity contribution in [3.8, 4) is 5.69 Å². The lowest BCUT2D eigenvalue weighted by Gasteiger charge is -2.34. The molecule has 4 aromatic rings. The number of nitrogens with one attached hydrogen (secondary N) is 2. The van der Waals surface area contributed by atoms with Crippen molar-refractivity contribution in [1.82, 2.24) is 24.6 Å². The zero-order valence-corrected chi connectivity index (χ0v) is 21.7. The van der Waals surface area contributed by atoms with Gasteiger partial charge in [0.2, 0.25) is 0 Å². The van der Waals surface area contributed by atoms with Crippen LogP contribution >= 0.6 is 0 Å². The van der Waals surface area contributed by atoms with Crippen molar-refractivity contribution >= 4 is 22.4 Å². The smallest absolute Gasteiger partial charge is 0.276 e. The standard InChI is InChI=1S/C29H34N6O/c1-7-14-34-27(36)22-18-31-26(33-20-8-9-23-19(15-20)10-13-32-29(23,5)6)17-24(22)35(34)21-11-12-30-25(16-21)28(2,3)4/h7-9,11-12,15-18,32H,1,10,13-14H2,2-6H3,(H,31,33). The van der Waals surface area contributed by atoms with E-state index >= 15 is 0 Å². The molecule has 0 aliphatic carbocycles. The van der Waals surface area contributed by atoms with Gasteiger partial charge >= 0.3 is 0 Å². The molecule has 0 fully saturated rings. The van der Waals surface area contributed by atoms with Crippen molar-refractivity contribution < 1.29 is 0 Å². The third-order valence-corrected chi connectivity index (χ3v) is 6.89. The largest absolute Gasteiger partial charge is 0.340 e. The summed E-state index contributed by atoms with van der Waals surface area (Å²) in [4.78, 5) is 22.4. The maximum absolute atomic E-state index is 13.3. The lowest BCUT2D eigenvalue weighted by molar-refractivity contribution is 0.382. The van der Waals surface area contributed by atoms with Crippen molar-refractivity contribution in [3.05, 3.63) is 88.6 Å². The van der Waals surface area contributed by atoms with E-state index in [4.69, 9.17) is 0 Å². The number of hydrogen-bond donors (Lipinski definition) is 2. The highest BCUT2D eigenvalue weighted by Crippen LogP contribution is 2.31. The molecule has 0 radical (unpaired) electrons. The molecule has 3 aromatic heterocycles. The van der Waals surface area contributed by atoms with Crippen LogP contribution in [-0.2, 0) is 23.9 Å². The Morgan fingerprint density at radius 2 is 1.97 bits per heavy atom. The predicted molar refractivity (Wildman–Crippen MR) is 146 cm³/mol. The predicted octanol–water partition coefficient (Wildman–Crippen LogP) is 5.19. The van der Waals surface area contributed by atoms with Crippen LogP contribution in [0.15, 0.2) is 66.2 Å². The summed E-state index contributed by atoms with van der Waals surface area (Å²) in [6.45, 7) is 16.0. The molecule has 0 bridgehead atoms. The van der Waals surface area contributed by atoms with Crippen LogP contribution < -0.4 is 16.2 Å². The van der Waals surface area contributed by atoms with Crippen LogP contribution in [0, 0.1) is 0 Å². The molecule has 0 spiro atoms. The van der Waals surface area contributed by atoms with Gasteiger partial charge < -0.3 is 10.6 Å². The Hall–Kier alpha value is -3.71. The van der Waals surface area contributed by atoms with E-state index < -0.39 is 0 Å². The fourth-order valence-electron chi connectivity index (χ4n) is 4.98. The number of rotatable bonds is 5. The van der Waals surface area contributed by atoms with Crippen molar-refractivity contribution in [2.45, 2.75) is 58.5 Å². The van der Waals surface area contributed by atoms with Crippen LogP contribution in [0.2, 0.25) is 0 Å². The van der Waals surface area contributed by atoms with E-state index in [2.05, 4.69) is 80.0 Å². The van der Waals surface area contributed by atoms with Crippen LogP contribution in [0.3, 0.4) is 0 Å². The molecule has 1 aliphatic rings. The number of benzene rings is 1. The lowest BCUT2D eigenvalue weighted by Crippen LogP contribution is -2.42. The van der Waals surface area contributed by atoms with Gasteiger partial charge in [0.05, 0.1) is 23.1 Å². The molecular weight excluding hydrogens is 448 g/mol. The Morgan fingerprint density at radius 3 is 2.72 bits per heavy atom. The fourth-order valence-corrected chi connectivity index (χ4v) is 4.98. The summed E-state index contributed by atoms with van der Waals surface area (Å²) in [5.41, 5.74) is 6.02. The van der Waals surface area contributed by atoms with E-state index in [0.29, 0.717) is 17.7 Å². The summed E-state index contributed by atoms with van der Waals surface area (Å²) < 4.78 is 3.64. The Bertz CT molecular complexity index is 1520. The third-order valence-electron chi connectivity index (χ3n) is 6.89. The Kier molecular flexibility index (Phi) is 5.83. The second-order valence-electron chi connectivity index (χ2n) is 11.0. The van der Waals surface area contributed by atoms with E-state index in [0.717, 1.165) is 35.6 Å². The van der Waals surface area contributed by atoms with Crippen molar-refractivity contribution in [3.63, 3.8) is 0 Å². The number of pyridine rings is 2. The van der Waals surface area contributed by atoms with Crippen molar-refractivity contribution in [1.29, 1.82) is 0 Å². The van der Waals surface area contributed by atoms with Gasteiger partial charge in [-0.1, -0.05) is 32.9 Å². The normalized spacial score (nSPS) is 15.0. The van der Waals surface area contributed by atoms with Crippen molar-refractivity contribution in [2.75, 3.05) is 11.9 Å². The first kappa shape index (κ1) is 24.0. The van der Waals surface area contributed by atoms with Crippen LogP contribution in [0.4, 0.5) is 11.5 Å². The molecule has 5 rings (SSSR count). The lowest BCUT2D eigenvalue weighted by atomic mass is 9.85. The molecule has 0 saturated carbocycles. The first-order valence-corrected chi connectivity index (χ1v) is 12.4. The molecular formula is C29H34N6O. The van der Waals surface area contributed by atoms with Gasteiger partial charge in [-0.3, -0.25) is 9.78 Å². The summed E-state index contributed by atoms with van der Waals surface area (Å²) in [5, 5.41) is 7.60. The minimum absolute atomic E-state index is 0.0378. The molecule has 7 heteroatoms. The fraction of sp³-hybridized carbons (Fsp3) is 0.345. The topological polar surface area (TPSA) is 76.8 Å². The second kappa shape index (κ2) is 8.75. The molecule has 1 aromatic carbocycles. The molecule has 2 N–H and O–H groups in total. The van der Waals surface area contributed by atoms with Gasteiger partial charge in [0, 0.05) is 40.8 Å². The van der Waals surface area contributed by atoms with Gasteiger partial charge in [0.25, 0.3) is 5.56 Å². The van der Waals surface area contributed by atoms with Gasteiger partial charge in [-0.15, -0.1) is 6.58 Å². The highest BCUT2D eigenvalue weighted by molar-refractivity contribution is 5.83. The minimum Gasteiger partial charge on any atom is -0.340 e.